The Hall–Kier alpha value is -4.23. The summed E-state index contributed by atoms with van der Waals surface area (Å²) in [5, 5.41) is 12.0. The van der Waals surface area contributed by atoms with Gasteiger partial charge in [-0.05, 0) is 55.0 Å². The predicted octanol–water partition coefficient (Wildman–Crippen LogP) is 3.43. The molecule has 30 heavy (non-hydrogen) atoms. The van der Waals surface area contributed by atoms with Crippen molar-refractivity contribution in [2.45, 2.75) is 6.92 Å². The van der Waals surface area contributed by atoms with Gasteiger partial charge >= 0.3 is 5.97 Å². The third-order valence-corrected chi connectivity index (χ3v) is 3.83. The summed E-state index contributed by atoms with van der Waals surface area (Å²) in [6.45, 7) is 2.08. The molecule has 0 unspecified atom stereocenters. The number of amides is 1. The van der Waals surface area contributed by atoms with Crippen LogP contribution >= 0.6 is 0 Å². The number of terminal acetylenes is 1. The molecule has 0 heterocycles. The molecule has 2 aromatic carbocycles. The van der Waals surface area contributed by atoms with Gasteiger partial charge in [0.1, 0.15) is 18.2 Å². The van der Waals surface area contributed by atoms with Gasteiger partial charge in [-0.25, -0.2) is 4.79 Å². The zero-order valence-electron chi connectivity index (χ0n) is 16.6. The van der Waals surface area contributed by atoms with Gasteiger partial charge in [-0.2, -0.15) is 5.26 Å². The molecule has 0 atom stereocenters. The van der Waals surface area contributed by atoms with Gasteiger partial charge in [0.2, 0.25) is 0 Å². The Bertz CT molecular complexity index is 1030. The van der Waals surface area contributed by atoms with Crippen molar-refractivity contribution >= 4 is 23.6 Å². The third-order valence-electron chi connectivity index (χ3n) is 3.83. The second-order valence-electron chi connectivity index (χ2n) is 5.82. The second kappa shape index (κ2) is 10.9. The molecule has 0 saturated heterocycles. The van der Waals surface area contributed by atoms with Crippen molar-refractivity contribution in [2.75, 3.05) is 25.6 Å². The summed E-state index contributed by atoms with van der Waals surface area (Å²) in [4.78, 5) is 24.1. The molecule has 0 fully saturated rings. The van der Waals surface area contributed by atoms with Crippen molar-refractivity contribution in [3.05, 3.63) is 59.2 Å². The topological polar surface area (TPSA) is 97.7 Å². The van der Waals surface area contributed by atoms with Crippen LogP contribution in [-0.4, -0.2) is 32.2 Å². The van der Waals surface area contributed by atoms with E-state index in [1.165, 1.54) is 25.3 Å². The maximum atomic E-state index is 12.5. The Morgan fingerprint density at radius 2 is 1.90 bits per heavy atom. The fourth-order valence-electron chi connectivity index (χ4n) is 2.43. The third kappa shape index (κ3) is 5.88. The first-order valence-corrected chi connectivity index (χ1v) is 8.97. The number of benzene rings is 2. The molecule has 0 radical (unpaired) electrons. The van der Waals surface area contributed by atoms with Crippen molar-refractivity contribution in [2.24, 2.45) is 0 Å². The standard InChI is InChI=1S/C23H20N2O5/c1-4-12-30-20-11-6-16(14-21(20)28-3)13-18(15-24)22(26)25-19-9-7-17(8-10-19)23(27)29-5-2/h1,6-11,13-14H,5,12H2,2-3H3,(H,25,26)/b18-13+. The second-order valence-corrected chi connectivity index (χ2v) is 5.82. The Balaban J connectivity index is 2.16. The van der Waals surface area contributed by atoms with Gasteiger partial charge in [-0.1, -0.05) is 12.0 Å². The Morgan fingerprint density at radius 1 is 1.17 bits per heavy atom. The molecule has 7 nitrogen and oxygen atoms in total. The van der Waals surface area contributed by atoms with Crippen LogP contribution in [0, 0.1) is 23.7 Å². The average Bonchev–Trinajstić information content (AvgIpc) is 2.76. The Kier molecular flexibility index (Phi) is 8.04. The van der Waals surface area contributed by atoms with Crippen LogP contribution in [0.2, 0.25) is 0 Å². The minimum absolute atomic E-state index is 0.0896. The van der Waals surface area contributed by atoms with Crippen LogP contribution in [0.1, 0.15) is 22.8 Å². The number of nitriles is 1. The lowest BCUT2D eigenvalue weighted by Gasteiger charge is -2.09. The quantitative estimate of drug-likeness (QED) is 0.313. The van der Waals surface area contributed by atoms with Gasteiger partial charge in [0.25, 0.3) is 5.91 Å². The van der Waals surface area contributed by atoms with E-state index in [0.717, 1.165) is 0 Å². The minimum atomic E-state index is -0.590. The number of carbonyl (C=O) groups is 2. The monoisotopic (exact) mass is 404 g/mol. The molecule has 0 aliphatic carbocycles. The zero-order valence-corrected chi connectivity index (χ0v) is 16.6. The molecule has 2 aromatic rings. The van der Waals surface area contributed by atoms with Crippen LogP contribution in [0.3, 0.4) is 0 Å². The molecule has 0 spiro atoms. The first-order chi connectivity index (χ1) is 14.5. The smallest absolute Gasteiger partial charge is 0.338 e. The van der Waals surface area contributed by atoms with Crippen molar-refractivity contribution in [3.63, 3.8) is 0 Å². The molecule has 0 bridgehead atoms. The predicted molar refractivity (Wildman–Crippen MR) is 112 cm³/mol. The van der Waals surface area contributed by atoms with Gasteiger partial charge in [0.05, 0.1) is 19.3 Å². The van der Waals surface area contributed by atoms with Crippen molar-refractivity contribution in [3.8, 4) is 29.9 Å². The first kappa shape index (κ1) is 22.1. The number of nitrogens with one attached hydrogen (secondary N) is 1. The number of hydrogen-bond acceptors (Lipinski definition) is 6. The summed E-state index contributed by atoms with van der Waals surface area (Å²) in [5.74, 6) is 2.21. The van der Waals surface area contributed by atoms with Gasteiger partial charge < -0.3 is 19.5 Å². The Labute approximate surface area is 174 Å². The van der Waals surface area contributed by atoms with E-state index in [4.69, 9.17) is 20.6 Å². The molecule has 0 saturated carbocycles. The van der Waals surface area contributed by atoms with Crippen LogP contribution in [0.4, 0.5) is 5.69 Å². The molecular formula is C23H20N2O5. The van der Waals surface area contributed by atoms with Crippen LogP contribution < -0.4 is 14.8 Å². The van der Waals surface area contributed by atoms with Crippen molar-refractivity contribution in [1.29, 1.82) is 5.26 Å². The van der Waals surface area contributed by atoms with E-state index >= 15 is 0 Å². The number of nitrogens with zero attached hydrogens (tertiary/aromatic N) is 1. The number of methoxy groups -OCH3 is 1. The van der Waals surface area contributed by atoms with Crippen LogP contribution in [0.15, 0.2) is 48.0 Å². The van der Waals surface area contributed by atoms with Crippen LogP contribution in [0.5, 0.6) is 11.5 Å². The largest absolute Gasteiger partial charge is 0.493 e. The molecule has 0 aromatic heterocycles. The van der Waals surface area contributed by atoms with E-state index in [2.05, 4.69) is 11.2 Å². The zero-order chi connectivity index (χ0) is 21.9. The summed E-state index contributed by atoms with van der Waals surface area (Å²) in [7, 11) is 1.48. The van der Waals surface area contributed by atoms with E-state index < -0.39 is 11.9 Å². The molecule has 0 aliphatic rings. The maximum absolute atomic E-state index is 12.5. The summed E-state index contributed by atoms with van der Waals surface area (Å²) < 4.78 is 15.5. The summed E-state index contributed by atoms with van der Waals surface area (Å²) in [6.07, 6.45) is 6.61. The molecule has 1 N–H and O–H groups in total. The SMILES string of the molecule is C#CCOc1ccc(/C=C(\C#N)C(=O)Nc2ccc(C(=O)OCC)cc2)cc1OC. The number of anilines is 1. The minimum Gasteiger partial charge on any atom is -0.493 e. The Morgan fingerprint density at radius 3 is 2.50 bits per heavy atom. The van der Waals surface area contributed by atoms with E-state index in [-0.39, 0.29) is 18.8 Å². The summed E-state index contributed by atoms with van der Waals surface area (Å²) >= 11 is 0. The highest BCUT2D eigenvalue weighted by Gasteiger charge is 2.12. The van der Waals surface area contributed by atoms with Crippen LogP contribution in [0.25, 0.3) is 6.08 Å². The number of esters is 1. The molecule has 1 amide bonds. The lowest BCUT2D eigenvalue weighted by atomic mass is 10.1. The molecule has 0 aliphatic heterocycles. The number of carbonyl (C=O) groups excluding carboxylic acids is 2. The molecule has 7 heteroatoms. The van der Waals surface area contributed by atoms with Gasteiger partial charge in [0, 0.05) is 5.69 Å². The highest BCUT2D eigenvalue weighted by molar-refractivity contribution is 6.09. The fourth-order valence-corrected chi connectivity index (χ4v) is 2.43. The maximum Gasteiger partial charge on any atom is 0.338 e. The van der Waals surface area contributed by atoms with Gasteiger partial charge in [-0.15, -0.1) is 6.42 Å². The highest BCUT2D eigenvalue weighted by atomic mass is 16.5. The van der Waals surface area contributed by atoms with Crippen molar-refractivity contribution < 1.29 is 23.8 Å². The van der Waals surface area contributed by atoms with E-state index in [1.54, 1.807) is 37.3 Å². The normalized spacial score (nSPS) is 10.3. The lowest BCUT2D eigenvalue weighted by Crippen LogP contribution is -2.13. The average molecular weight is 404 g/mol. The van der Waals surface area contributed by atoms with Gasteiger partial charge in [-0.3, -0.25) is 4.79 Å². The van der Waals surface area contributed by atoms with E-state index in [9.17, 15) is 14.9 Å². The number of ether oxygens (including phenoxy) is 3. The molecule has 2 rings (SSSR count). The van der Waals surface area contributed by atoms with Crippen LogP contribution in [-0.2, 0) is 9.53 Å². The lowest BCUT2D eigenvalue weighted by molar-refractivity contribution is -0.112. The molecular weight excluding hydrogens is 384 g/mol. The number of hydrogen-bond donors (Lipinski definition) is 1. The summed E-state index contributed by atoms with van der Waals surface area (Å²) in [6, 6.07) is 13.0. The van der Waals surface area contributed by atoms with E-state index in [0.29, 0.717) is 28.3 Å². The first-order valence-electron chi connectivity index (χ1n) is 8.97. The van der Waals surface area contributed by atoms with Crippen molar-refractivity contribution in [1.82, 2.24) is 0 Å². The fraction of sp³-hybridized carbons (Fsp3) is 0.174. The molecule has 152 valence electrons. The number of rotatable bonds is 8. The van der Waals surface area contributed by atoms with Gasteiger partial charge in [0.15, 0.2) is 11.5 Å². The summed E-state index contributed by atoms with van der Waals surface area (Å²) in [5.41, 5.74) is 1.27. The van der Waals surface area contributed by atoms with E-state index in [1.807, 2.05) is 6.07 Å². The highest BCUT2D eigenvalue weighted by Crippen LogP contribution is 2.29.